The van der Waals surface area contributed by atoms with Gasteiger partial charge in [0.15, 0.2) is 0 Å². The Hall–Kier alpha value is -5.64. The first kappa shape index (κ1) is 29.3. The van der Waals surface area contributed by atoms with Gasteiger partial charge in [0.1, 0.15) is 0 Å². The number of para-hydroxylation sites is 3. The maximum atomic E-state index is 2.53. The lowest BCUT2D eigenvalue weighted by atomic mass is 9.74. The van der Waals surface area contributed by atoms with Gasteiger partial charge in [0.2, 0.25) is 0 Å². The lowest BCUT2D eigenvalue weighted by Crippen LogP contribution is -2.27. The molecule has 1 spiro atoms. The second-order valence-corrected chi connectivity index (χ2v) is 14.7. The second kappa shape index (κ2) is 11.8. The van der Waals surface area contributed by atoms with Crippen molar-refractivity contribution in [2.24, 2.45) is 0 Å². The molecule has 10 rings (SSSR count). The molecule has 0 aliphatic heterocycles. The molecular formula is C47H36N2S. The van der Waals surface area contributed by atoms with Crippen molar-refractivity contribution in [3.8, 4) is 0 Å². The van der Waals surface area contributed by atoms with E-state index in [9.17, 15) is 0 Å². The van der Waals surface area contributed by atoms with E-state index >= 15 is 0 Å². The van der Waals surface area contributed by atoms with E-state index in [1.54, 1.807) is 0 Å². The molecule has 50 heavy (non-hydrogen) atoms. The van der Waals surface area contributed by atoms with Crippen molar-refractivity contribution >= 4 is 65.6 Å². The molecule has 0 fully saturated rings. The molecule has 1 aromatic heterocycles. The number of fused-ring (bicyclic) bond motifs is 7. The van der Waals surface area contributed by atoms with Crippen LogP contribution in [0, 0.1) is 0 Å². The Morgan fingerprint density at radius 2 is 0.880 bits per heavy atom. The highest BCUT2D eigenvalue weighted by Crippen LogP contribution is 2.60. The van der Waals surface area contributed by atoms with Gasteiger partial charge in [-0.3, -0.25) is 0 Å². The Balaban J connectivity index is 1.20. The smallest absolute Gasteiger partial charge is 0.0505 e. The van der Waals surface area contributed by atoms with Gasteiger partial charge in [0.25, 0.3) is 0 Å². The summed E-state index contributed by atoms with van der Waals surface area (Å²) in [5.41, 5.74) is 13.2. The van der Waals surface area contributed by atoms with Crippen LogP contribution in [0.25, 0.3) is 20.2 Å². The van der Waals surface area contributed by atoms with Crippen molar-refractivity contribution in [3.63, 3.8) is 0 Å². The van der Waals surface area contributed by atoms with Crippen LogP contribution in [0.15, 0.2) is 170 Å². The average molecular weight is 661 g/mol. The molecule has 0 saturated carbocycles. The van der Waals surface area contributed by atoms with Crippen molar-refractivity contribution in [2.45, 2.75) is 31.1 Å². The normalized spacial score (nSPS) is 16.2. The lowest BCUT2D eigenvalue weighted by molar-refractivity contribution is 0.508. The molecule has 0 unspecified atom stereocenters. The summed E-state index contributed by atoms with van der Waals surface area (Å²) < 4.78 is 2.66. The molecule has 7 aromatic carbocycles. The highest BCUT2D eigenvalue weighted by atomic mass is 32.1. The van der Waals surface area contributed by atoms with Crippen LogP contribution in [0.4, 0.5) is 34.1 Å². The zero-order valence-electron chi connectivity index (χ0n) is 27.8. The molecule has 2 aliphatic rings. The van der Waals surface area contributed by atoms with Crippen molar-refractivity contribution in [2.75, 3.05) is 9.80 Å². The molecule has 0 bridgehead atoms. The number of thiophene rings is 1. The van der Waals surface area contributed by atoms with Crippen LogP contribution in [0.2, 0.25) is 0 Å². The highest BCUT2D eigenvalue weighted by molar-refractivity contribution is 7.25. The minimum absolute atomic E-state index is 0.103. The van der Waals surface area contributed by atoms with E-state index in [0.29, 0.717) is 0 Å². The predicted molar refractivity (Wildman–Crippen MR) is 213 cm³/mol. The van der Waals surface area contributed by atoms with Crippen molar-refractivity contribution in [3.05, 3.63) is 192 Å². The molecule has 0 saturated heterocycles. The van der Waals surface area contributed by atoms with E-state index in [1.807, 2.05) is 11.3 Å². The molecule has 1 atom stereocenters. The van der Waals surface area contributed by atoms with Crippen LogP contribution in [0.5, 0.6) is 0 Å². The number of hydrogen-bond acceptors (Lipinski definition) is 3. The van der Waals surface area contributed by atoms with Gasteiger partial charge in [-0.15, -0.1) is 11.3 Å². The van der Waals surface area contributed by atoms with Gasteiger partial charge in [-0.1, -0.05) is 103 Å². The largest absolute Gasteiger partial charge is 0.310 e. The van der Waals surface area contributed by atoms with Crippen molar-refractivity contribution in [1.82, 2.24) is 0 Å². The van der Waals surface area contributed by atoms with Crippen molar-refractivity contribution < 1.29 is 0 Å². The fourth-order valence-corrected chi connectivity index (χ4v) is 10.1. The third kappa shape index (κ3) is 4.54. The van der Waals surface area contributed by atoms with E-state index < -0.39 is 0 Å². The summed E-state index contributed by atoms with van der Waals surface area (Å²) >= 11 is 1.89. The van der Waals surface area contributed by atoms with E-state index in [0.717, 1.165) is 25.7 Å². The first-order valence-electron chi connectivity index (χ1n) is 17.7. The Morgan fingerprint density at radius 1 is 0.400 bits per heavy atom. The first-order valence-corrected chi connectivity index (χ1v) is 18.5. The van der Waals surface area contributed by atoms with Crippen LogP contribution in [-0.4, -0.2) is 0 Å². The van der Waals surface area contributed by atoms with Crippen LogP contribution in [0.3, 0.4) is 0 Å². The van der Waals surface area contributed by atoms with Crippen LogP contribution < -0.4 is 9.80 Å². The summed E-state index contributed by atoms with van der Waals surface area (Å²) in [6, 6.07) is 62.7. The Bertz CT molecular complexity index is 2460. The minimum Gasteiger partial charge on any atom is -0.310 e. The zero-order chi connectivity index (χ0) is 33.1. The molecule has 0 radical (unpaired) electrons. The summed E-state index contributed by atoms with van der Waals surface area (Å²) in [5, 5.41) is 2.66. The van der Waals surface area contributed by atoms with Gasteiger partial charge in [-0.05, 0) is 115 Å². The lowest BCUT2D eigenvalue weighted by Gasteiger charge is -2.37. The summed E-state index contributed by atoms with van der Waals surface area (Å²) in [5.74, 6) is 0. The van der Waals surface area contributed by atoms with Gasteiger partial charge in [-0.2, -0.15) is 0 Å². The topological polar surface area (TPSA) is 6.48 Å². The predicted octanol–water partition coefficient (Wildman–Crippen LogP) is 13.2. The minimum atomic E-state index is -0.103. The maximum absolute atomic E-state index is 2.53. The monoisotopic (exact) mass is 660 g/mol. The van der Waals surface area contributed by atoms with E-state index in [2.05, 4.69) is 180 Å². The summed E-state index contributed by atoms with van der Waals surface area (Å²) in [4.78, 5) is 5.01. The Kier molecular flexibility index (Phi) is 6.89. The third-order valence-electron chi connectivity index (χ3n) is 11.0. The average Bonchev–Trinajstić information content (AvgIpc) is 3.87. The molecular weight excluding hydrogens is 625 g/mol. The van der Waals surface area contributed by atoms with Crippen LogP contribution >= 0.6 is 11.3 Å². The molecule has 1 heterocycles. The SMILES string of the molecule is c1ccc(N(c2ccccc2)c2cccc3c2[C@@]2(CC3)CCc3cccc(N(c4ccccc4)c4ccc5c(c4)sc4ccccc45)c32)cc1. The molecule has 240 valence electrons. The van der Waals surface area contributed by atoms with Crippen molar-refractivity contribution in [1.29, 1.82) is 0 Å². The number of rotatable bonds is 6. The molecule has 2 aliphatic carbocycles. The summed E-state index contributed by atoms with van der Waals surface area (Å²) in [6.07, 6.45) is 4.37. The van der Waals surface area contributed by atoms with Crippen LogP contribution in [-0.2, 0) is 18.3 Å². The maximum Gasteiger partial charge on any atom is 0.0505 e. The number of aryl methyl sites for hydroxylation is 2. The molecule has 0 N–H and O–H groups in total. The third-order valence-corrected chi connectivity index (χ3v) is 12.1. The summed E-state index contributed by atoms with van der Waals surface area (Å²) in [6.45, 7) is 0. The van der Waals surface area contributed by atoms with Gasteiger partial charge in [-0.25, -0.2) is 0 Å². The Labute approximate surface area is 297 Å². The van der Waals surface area contributed by atoms with E-state index in [1.165, 1.54) is 76.6 Å². The fourth-order valence-electron chi connectivity index (χ4n) is 8.95. The van der Waals surface area contributed by atoms with E-state index in [4.69, 9.17) is 0 Å². The number of nitrogens with zero attached hydrogens (tertiary/aromatic N) is 2. The highest BCUT2D eigenvalue weighted by Gasteiger charge is 2.49. The van der Waals surface area contributed by atoms with Gasteiger partial charge in [0, 0.05) is 48.3 Å². The molecule has 2 nitrogen and oxygen atoms in total. The molecule has 0 amide bonds. The molecule has 3 heteroatoms. The second-order valence-electron chi connectivity index (χ2n) is 13.7. The Morgan fingerprint density at radius 3 is 1.44 bits per heavy atom. The fraction of sp³-hybridized carbons (Fsp3) is 0.106. The zero-order valence-corrected chi connectivity index (χ0v) is 28.6. The van der Waals surface area contributed by atoms with E-state index in [-0.39, 0.29) is 5.41 Å². The van der Waals surface area contributed by atoms with Gasteiger partial charge >= 0.3 is 0 Å². The quantitative estimate of drug-likeness (QED) is 0.175. The first-order chi connectivity index (χ1) is 24.8. The standard InChI is InChI=1S/C47H36N2S/c1-4-16-35(17-5-1)48(36-18-6-2-7-19-36)41-23-12-14-33-28-30-47(45(33)41)31-29-34-15-13-24-42(46(34)47)49(37-20-8-3-9-21-37)38-26-27-40-39-22-10-11-25-43(39)50-44(40)32-38/h1-27,32H,28-31H2/t47-/m1/s1. The number of hydrogen-bond donors (Lipinski definition) is 0. The number of anilines is 6. The van der Waals surface area contributed by atoms with Crippen LogP contribution in [0.1, 0.15) is 35.1 Å². The number of benzene rings is 7. The van der Waals surface area contributed by atoms with Gasteiger partial charge < -0.3 is 9.80 Å². The molecule has 8 aromatic rings. The van der Waals surface area contributed by atoms with Gasteiger partial charge in [0.05, 0.1) is 11.4 Å². The summed E-state index contributed by atoms with van der Waals surface area (Å²) in [7, 11) is 0.